The van der Waals surface area contributed by atoms with Gasteiger partial charge in [-0.05, 0) is 30.3 Å². The molecule has 1 aromatic heterocycles. The smallest absolute Gasteiger partial charge is 0.335 e. The molecule has 7 heteroatoms. The lowest BCUT2D eigenvalue weighted by Gasteiger charge is -2.04. The van der Waals surface area contributed by atoms with E-state index in [1.54, 1.807) is 0 Å². The third-order valence-corrected chi connectivity index (χ3v) is 4.14. The van der Waals surface area contributed by atoms with Crippen LogP contribution in [-0.4, -0.2) is 24.5 Å². The van der Waals surface area contributed by atoms with Gasteiger partial charge in [-0.3, -0.25) is 4.98 Å². The molecule has 0 saturated carbocycles. The fraction of sp³-hybridized carbons (Fsp3) is 0. The predicted molar refractivity (Wildman–Crippen MR) is 63.0 cm³/mol. The molecule has 5 nitrogen and oxygen atoms in total. The third-order valence-electron chi connectivity index (χ3n) is 2.40. The summed E-state index contributed by atoms with van der Waals surface area (Å²) in [4.78, 5) is 13.7. The van der Waals surface area contributed by atoms with Crippen LogP contribution in [0.15, 0.2) is 52.5 Å². The second kappa shape index (κ2) is 4.77. The first-order valence-electron chi connectivity index (χ1n) is 5.10. The van der Waals surface area contributed by atoms with Gasteiger partial charge >= 0.3 is 5.97 Å². The minimum Gasteiger partial charge on any atom is -0.478 e. The Morgan fingerprint density at radius 3 is 2.26 bits per heavy atom. The van der Waals surface area contributed by atoms with Crippen molar-refractivity contribution in [2.24, 2.45) is 0 Å². The Morgan fingerprint density at radius 2 is 1.74 bits per heavy atom. The number of sulfone groups is 1. The van der Waals surface area contributed by atoms with E-state index >= 15 is 0 Å². The number of hydrogen-bond donors (Lipinski definition) is 1. The molecule has 0 aliphatic rings. The van der Waals surface area contributed by atoms with E-state index in [1.807, 2.05) is 0 Å². The molecule has 0 aliphatic heterocycles. The third kappa shape index (κ3) is 2.60. The molecule has 98 valence electrons. The Bertz CT molecular complexity index is 726. The van der Waals surface area contributed by atoms with E-state index in [0.29, 0.717) is 0 Å². The lowest BCUT2D eigenvalue weighted by molar-refractivity contribution is 0.0696. The number of nitrogens with zero attached hydrogens (tertiary/aromatic N) is 1. The van der Waals surface area contributed by atoms with Crippen molar-refractivity contribution in [3.05, 3.63) is 54.1 Å². The van der Waals surface area contributed by atoms with Crippen molar-refractivity contribution in [3.8, 4) is 0 Å². The molecule has 19 heavy (non-hydrogen) atoms. The fourth-order valence-electron chi connectivity index (χ4n) is 1.45. The lowest BCUT2D eigenvalue weighted by atomic mass is 10.2. The van der Waals surface area contributed by atoms with Crippen LogP contribution < -0.4 is 0 Å². The zero-order chi connectivity index (χ0) is 14.0. The van der Waals surface area contributed by atoms with Gasteiger partial charge in [-0.25, -0.2) is 17.6 Å². The molecule has 1 aromatic carbocycles. The van der Waals surface area contributed by atoms with Crippen LogP contribution in [0.1, 0.15) is 10.4 Å². The highest BCUT2D eigenvalue weighted by Gasteiger charge is 2.19. The van der Waals surface area contributed by atoms with Crippen LogP contribution in [0.3, 0.4) is 0 Å². The maximum atomic E-state index is 13.0. The minimum atomic E-state index is -3.90. The van der Waals surface area contributed by atoms with Crippen molar-refractivity contribution in [1.82, 2.24) is 4.98 Å². The van der Waals surface area contributed by atoms with Gasteiger partial charge < -0.3 is 5.11 Å². The summed E-state index contributed by atoms with van der Waals surface area (Å²) in [5.74, 6) is -1.92. The molecule has 0 radical (unpaired) electrons. The quantitative estimate of drug-likeness (QED) is 0.926. The minimum absolute atomic E-state index is 0.0312. The van der Waals surface area contributed by atoms with E-state index in [0.717, 1.165) is 30.6 Å². The summed E-state index contributed by atoms with van der Waals surface area (Å²) in [6.45, 7) is 0. The van der Waals surface area contributed by atoms with E-state index in [-0.39, 0.29) is 15.4 Å². The van der Waals surface area contributed by atoms with Crippen molar-refractivity contribution in [2.75, 3.05) is 0 Å². The summed E-state index contributed by atoms with van der Waals surface area (Å²) in [6, 6.07) is 5.50. The monoisotopic (exact) mass is 281 g/mol. The highest BCUT2D eigenvalue weighted by Crippen LogP contribution is 2.20. The average molecular weight is 281 g/mol. The number of rotatable bonds is 3. The molecule has 0 saturated heterocycles. The molecule has 1 N–H and O–H groups in total. The molecule has 0 spiro atoms. The van der Waals surface area contributed by atoms with Gasteiger partial charge in [0.05, 0.1) is 21.6 Å². The van der Waals surface area contributed by atoms with Crippen LogP contribution in [0, 0.1) is 5.82 Å². The van der Waals surface area contributed by atoms with Crippen LogP contribution in [0.4, 0.5) is 4.39 Å². The predicted octanol–water partition coefficient (Wildman–Crippen LogP) is 1.75. The number of carboxylic acids is 1. The van der Waals surface area contributed by atoms with Gasteiger partial charge in [-0.15, -0.1) is 0 Å². The van der Waals surface area contributed by atoms with Crippen LogP contribution in [-0.2, 0) is 9.84 Å². The van der Waals surface area contributed by atoms with Crippen LogP contribution in [0.5, 0.6) is 0 Å². The summed E-state index contributed by atoms with van der Waals surface area (Å²) in [5.41, 5.74) is -0.0312. The van der Waals surface area contributed by atoms with Crippen LogP contribution >= 0.6 is 0 Å². The number of halogens is 1. The molecule has 0 unspecified atom stereocenters. The standard InChI is InChI=1S/C12H8FNO4S/c13-9-5-11(7-14-6-9)19(17,18)10-3-1-8(2-4-10)12(15)16/h1-7H,(H,15,16). The van der Waals surface area contributed by atoms with Crippen molar-refractivity contribution in [2.45, 2.75) is 9.79 Å². The van der Waals surface area contributed by atoms with Gasteiger partial charge in [0.2, 0.25) is 9.84 Å². The molecule has 0 atom stereocenters. The number of hydrogen-bond acceptors (Lipinski definition) is 4. The van der Waals surface area contributed by atoms with Crippen molar-refractivity contribution < 1.29 is 22.7 Å². The number of carbonyl (C=O) groups is 1. The first-order valence-corrected chi connectivity index (χ1v) is 6.58. The zero-order valence-corrected chi connectivity index (χ0v) is 10.3. The maximum absolute atomic E-state index is 13.0. The molecular formula is C12H8FNO4S. The topological polar surface area (TPSA) is 84.3 Å². The molecule has 0 amide bonds. The molecule has 2 rings (SSSR count). The number of aromatic carboxylic acids is 1. The Balaban J connectivity index is 2.48. The molecule has 0 aliphatic carbocycles. The summed E-state index contributed by atoms with van der Waals surface area (Å²) in [5, 5.41) is 8.72. The van der Waals surface area contributed by atoms with Gasteiger partial charge in [0, 0.05) is 6.20 Å². The second-order valence-electron chi connectivity index (χ2n) is 3.67. The van der Waals surface area contributed by atoms with Gasteiger partial charge in [0.1, 0.15) is 5.82 Å². The highest BCUT2D eigenvalue weighted by atomic mass is 32.2. The Hall–Kier alpha value is -2.28. The Kier molecular flexibility index (Phi) is 3.30. The van der Waals surface area contributed by atoms with Gasteiger partial charge in [-0.2, -0.15) is 0 Å². The van der Waals surface area contributed by atoms with Crippen molar-refractivity contribution in [1.29, 1.82) is 0 Å². The van der Waals surface area contributed by atoms with Gasteiger partial charge in [-0.1, -0.05) is 0 Å². The lowest BCUT2D eigenvalue weighted by Crippen LogP contribution is -2.04. The van der Waals surface area contributed by atoms with Crippen molar-refractivity contribution in [3.63, 3.8) is 0 Å². The first-order chi connectivity index (χ1) is 8.91. The first kappa shape index (κ1) is 13.2. The van der Waals surface area contributed by atoms with E-state index in [9.17, 15) is 17.6 Å². The van der Waals surface area contributed by atoms with Gasteiger partial charge in [0.25, 0.3) is 0 Å². The average Bonchev–Trinajstić information content (AvgIpc) is 2.39. The second-order valence-corrected chi connectivity index (χ2v) is 5.62. The Morgan fingerprint density at radius 1 is 1.11 bits per heavy atom. The maximum Gasteiger partial charge on any atom is 0.335 e. The molecule has 2 aromatic rings. The van der Waals surface area contributed by atoms with Crippen LogP contribution in [0.25, 0.3) is 0 Å². The normalized spacial score (nSPS) is 11.2. The van der Waals surface area contributed by atoms with E-state index in [2.05, 4.69) is 4.98 Å². The number of carboxylic acid groups (broad SMARTS) is 1. The SMILES string of the molecule is O=C(O)c1ccc(S(=O)(=O)c2cncc(F)c2)cc1. The van der Waals surface area contributed by atoms with E-state index in [4.69, 9.17) is 5.11 Å². The van der Waals surface area contributed by atoms with Gasteiger partial charge in [0.15, 0.2) is 0 Å². The number of aromatic nitrogens is 1. The summed E-state index contributed by atoms with van der Waals surface area (Å²) in [6.07, 6.45) is 1.93. The number of pyridine rings is 1. The molecular weight excluding hydrogens is 273 g/mol. The summed E-state index contributed by atoms with van der Waals surface area (Å²) in [7, 11) is -3.90. The highest BCUT2D eigenvalue weighted by molar-refractivity contribution is 7.91. The zero-order valence-electron chi connectivity index (χ0n) is 9.45. The summed E-state index contributed by atoms with van der Waals surface area (Å²) >= 11 is 0. The molecule has 0 fully saturated rings. The summed E-state index contributed by atoms with van der Waals surface area (Å²) < 4.78 is 37.2. The van der Waals surface area contributed by atoms with E-state index < -0.39 is 21.6 Å². The fourth-order valence-corrected chi connectivity index (χ4v) is 2.69. The molecule has 0 bridgehead atoms. The largest absolute Gasteiger partial charge is 0.478 e. The Labute approximate surface area is 108 Å². The molecule has 1 heterocycles. The number of benzene rings is 1. The van der Waals surface area contributed by atoms with Crippen molar-refractivity contribution >= 4 is 15.8 Å². The van der Waals surface area contributed by atoms with Crippen LogP contribution in [0.2, 0.25) is 0 Å². The van der Waals surface area contributed by atoms with E-state index in [1.165, 1.54) is 12.1 Å².